The molecule has 0 spiro atoms. The highest BCUT2D eigenvalue weighted by atomic mass is 19.1. The van der Waals surface area contributed by atoms with Crippen molar-refractivity contribution in [2.45, 2.75) is 27.2 Å². The van der Waals surface area contributed by atoms with Crippen LogP contribution in [0.2, 0.25) is 0 Å². The third-order valence-corrected chi connectivity index (χ3v) is 5.50. The average Bonchev–Trinajstić information content (AvgIpc) is 2.83. The molecule has 35 heavy (non-hydrogen) atoms. The van der Waals surface area contributed by atoms with Crippen LogP contribution in [-0.2, 0) is 4.74 Å². The predicted molar refractivity (Wildman–Crippen MR) is 135 cm³/mol. The Hall–Kier alpha value is -4.04. The van der Waals surface area contributed by atoms with Gasteiger partial charge in [-0.3, -0.25) is 10.8 Å². The first-order valence-electron chi connectivity index (χ1n) is 11.1. The Morgan fingerprint density at radius 1 is 1.29 bits per heavy atom. The Labute approximate surface area is 204 Å². The topological polar surface area (TPSA) is 170 Å². The summed E-state index contributed by atoms with van der Waals surface area (Å²) in [6.45, 7) is 8.86. The number of halogens is 1. The van der Waals surface area contributed by atoms with Gasteiger partial charge in [0.15, 0.2) is 0 Å². The van der Waals surface area contributed by atoms with Gasteiger partial charge in [0, 0.05) is 18.2 Å². The molecule has 0 fully saturated rings. The minimum atomic E-state index is -0.643. The zero-order valence-electron chi connectivity index (χ0n) is 20.4. The van der Waals surface area contributed by atoms with E-state index in [1.807, 2.05) is 6.07 Å². The average molecular weight is 483 g/mol. The van der Waals surface area contributed by atoms with Crippen molar-refractivity contribution in [1.82, 2.24) is 9.88 Å². The van der Waals surface area contributed by atoms with Gasteiger partial charge in [0.2, 0.25) is 5.90 Å². The molecule has 186 valence electrons. The lowest BCUT2D eigenvalue weighted by atomic mass is 9.95. The summed E-state index contributed by atoms with van der Waals surface area (Å²) in [6, 6.07) is 5.89. The van der Waals surface area contributed by atoms with Crippen LogP contribution in [0.15, 0.2) is 23.2 Å². The molecular weight excluding hydrogens is 451 g/mol. The molecule has 0 amide bonds. The van der Waals surface area contributed by atoms with Crippen LogP contribution in [0.25, 0.3) is 11.3 Å². The standard InChI is InChI=1S/C24H31FN8O2/c1-5-33(6-2)11-7-10-31-24(30)35-23(29)20(27)19-14(3)17(13-26)21(32-22(19)28)16-9-8-15(34-4)12-18(16)25/h8-9,12,27,29H,5-7,10-11H2,1-4H3,(H2,28,32)(H2,30,31). The Morgan fingerprint density at radius 3 is 2.54 bits per heavy atom. The van der Waals surface area contributed by atoms with E-state index >= 15 is 0 Å². The third-order valence-electron chi connectivity index (χ3n) is 5.50. The number of nitrogen functional groups attached to an aromatic ring is 1. The molecule has 0 aliphatic rings. The number of hydrogen-bond acceptors (Lipinski definition) is 9. The first kappa shape index (κ1) is 27.2. The quantitative estimate of drug-likeness (QED) is 0.229. The molecule has 0 saturated heterocycles. The Kier molecular flexibility index (Phi) is 9.66. The monoisotopic (exact) mass is 482 g/mol. The first-order chi connectivity index (χ1) is 16.7. The molecule has 2 aromatic rings. The van der Waals surface area contributed by atoms with Crippen molar-refractivity contribution in [3.8, 4) is 23.1 Å². The predicted octanol–water partition coefficient (Wildman–Crippen LogP) is 3.07. The van der Waals surface area contributed by atoms with Crippen LogP contribution >= 0.6 is 0 Å². The van der Waals surface area contributed by atoms with Gasteiger partial charge in [0.05, 0.1) is 23.9 Å². The van der Waals surface area contributed by atoms with E-state index in [-0.39, 0.29) is 39.8 Å². The van der Waals surface area contributed by atoms with E-state index in [0.717, 1.165) is 26.1 Å². The summed E-state index contributed by atoms with van der Waals surface area (Å²) in [5.74, 6) is -1.08. The van der Waals surface area contributed by atoms with Crippen LogP contribution in [-0.4, -0.2) is 60.8 Å². The molecule has 10 nitrogen and oxygen atoms in total. The zero-order valence-corrected chi connectivity index (χ0v) is 20.4. The van der Waals surface area contributed by atoms with Crippen LogP contribution in [0, 0.1) is 34.9 Å². The van der Waals surface area contributed by atoms with Gasteiger partial charge in [0.25, 0.3) is 6.02 Å². The van der Waals surface area contributed by atoms with Crippen LogP contribution in [0.1, 0.15) is 37.0 Å². The van der Waals surface area contributed by atoms with Crippen LogP contribution in [0.3, 0.4) is 0 Å². The number of amidine groups is 1. The zero-order chi connectivity index (χ0) is 26.1. The summed E-state index contributed by atoms with van der Waals surface area (Å²) in [6.07, 6.45) is 0.765. The lowest BCUT2D eigenvalue weighted by Crippen LogP contribution is -2.28. The molecule has 0 saturated carbocycles. The summed E-state index contributed by atoms with van der Waals surface area (Å²) < 4.78 is 24.9. The normalized spacial score (nSPS) is 11.3. The van der Waals surface area contributed by atoms with E-state index in [2.05, 4.69) is 28.7 Å². The third kappa shape index (κ3) is 6.51. The number of nitriles is 1. The molecule has 6 N–H and O–H groups in total. The molecule has 1 aromatic heterocycles. The second kappa shape index (κ2) is 12.4. The summed E-state index contributed by atoms with van der Waals surface area (Å²) in [5.41, 5.74) is 11.8. The fraction of sp³-hybridized carbons (Fsp3) is 0.375. The fourth-order valence-electron chi connectivity index (χ4n) is 3.51. The molecule has 0 atom stereocenters. The highest BCUT2D eigenvalue weighted by Crippen LogP contribution is 2.32. The molecule has 0 bridgehead atoms. The maximum Gasteiger partial charge on any atom is 0.288 e. The lowest BCUT2D eigenvalue weighted by Gasteiger charge is -2.17. The van der Waals surface area contributed by atoms with Crippen molar-refractivity contribution in [2.75, 3.05) is 39.0 Å². The number of aliphatic imine (C=N–C) groups is 1. The first-order valence-corrected chi connectivity index (χ1v) is 11.1. The highest BCUT2D eigenvalue weighted by Gasteiger charge is 2.24. The van der Waals surface area contributed by atoms with E-state index < -0.39 is 17.4 Å². The van der Waals surface area contributed by atoms with Crippen LogP contribution in [0.5, 0.6) is 5.75 Å². The van der Waals surface area contributed by atoms with Crippen molar-refractivity contribution in [1.29, 1.82) is 16.1 Å². The summed E-state index contributed by atoms with van der Waals surface area (Å²) in [5, 5.41) is 26.3. The minimum Gasteiger partial charge on any atom is -0.497 e. The fourth-order valence-corrected chi connectivity index (χ4v) is 3.51. The lowest BCUT2D eigenvalue weighted by molar-refractivity contribution is 0.301. The smallest absolute Gasteiger partial charge is 0.288 e. The number of nitrogens with two attached hydrogens (primary N) is 2. The number of nitrogens with one attached hydrogen (secondary N) is 2. The van der Waals surface area contributed by atoms with Crippen molar-refractivity contribution in [3.05, 3.63) is 40.7 Å². The Balaban J connectivity index is 2.26. The van der Waals surface area contributed by atoms with Gasteiger partial charge >= 0.3 is 0 Å². The van der Waals surface area contributed by atoms with E-state index in [9.17, 15) is 9.65 Å². The maximum atomic E-state index is 14.6. The number of methoxy groups -OCH3 is 1. The van der Waals surface area contributed by atoms with E-state index in [1.54, 1.807) is 6.92 Å². The van der Waals surface area contributed by atoms with Crippen molar-refractivity contribution in [3.63, 3.8) is 0 Å². The van der Waals surface area contributed by atoms with E-state index in [0.29, 0.717) is 12.3 Å². The number of anilines is 1. The number of benzene rings is 1. The van der Waals surface area contributed by atoms with Gasteiger partial charge in [-0.15, -0.1) is 0 Å². The van der Waals surface area contributed by atoms with Gasteiger partial charge in [-0.25, -0.2) is 14.4 Å². The minimum absolute atomic E-state index is 0.0221. The molecule has 1 aromatic carbocycles. The van der Waals surface area contributed by atoms with Crippen molar-refractivity contribution < 1.29 is 13.9 Å². The Morgan fingerprint density at radius 2 is 1.97 bits per heavy atom. The van der Waals surface area contributed by atoms with Gasteiger partial charge in [-0.2, -0.15) is 5.26 Å². The molecule has 11 heteroatoms. The number of pyridine rings is 1. The number of aromatic nitrogens is 1. The van der Waals surface area contributed by atoms with E-state index in [1.165, 1.54) is 25.3 Å². The van der Waals surface area contributed by atoms with E-state index in [4.69, 9.17) is 31.8 Å². The second-order valence-electron chi connectivity index (χ2n) is 7.58. The molecule has 1 heterocycles. The molecule has 0 aliphatic carbocycles. The largest absolute Gasteiger partial charge is 0.497 e. The van der Waals surface area contributed by atoms with Crippen molar-refractivity contribution in [2.24, 2.45) is 10.7 Å². The highest BCUT2D eigenvalue weighted by molar-refractivity contribution is 6.45. The van der Waals surface area contributed by atoms with Crippen molar-refractivity contribution >= 4 is 23.4 Å². The molecule has 0 aliphatic heterocycles. The number of hydrogen-bond donors (Lipinski definition) is 4. The molecule has 2 rings (SSSR count). The SMILES string of the molecule is CCN(CC)CCCN=C(N)OC(=N)C(=N)c1c(N)nc(-c2ccc(OC)cc2F)c(C#N)c1C. The Bertz CT molecular complexity index is 1170. The van der Waals surface area contributed by atoms with Crippen LogP contribution in [0.4, 0.5) is 10.2 Å². The van der Waals surface area contributed by atoms with Gasteiger partial charge < -0.3 is 25.8 Å². The summed E-state index contributed by atoms with van der Waals surface area (Å²) in [4.78, 5) is 10.5. The number of ether oxygens (including phenoxy) is 2. The molecular formula is C24H31FN8O2. The second-order valence-corrected chi connectivity index (χ2v) is 7.58. The summed E-state index contributed by atoms with van der Waals surface area (Å²) in [7, 11) is 1.41. The number of rotatable bonds is 10. The van der Waals surface area contributed by atoms with Crippen LogP contribution < -0.4 is 16.2 Å². The molecule has 0 unspecified atom stereocenters. The van der Waals surface area contributed by atoms with Gasteiger partial charge in [-0.05, 0) is 50.7 Å². The summed E-state index contributed by atoms with van der Waals surface area (Å²) >= 11 is 0. The van der Waals surface area contributed by atoms with Gasteiger partial charge in [-0.1, -0.05) is 13.8 Å². The van der Waals surface area contributed by atoms with Gasteiger partial charge in [0.1, 0.15) is 29.2 Å². The number of nitrogens with zero attached hydrogens (tertiary/aromatic N) is 4. The molecule has 0 radical (unpaired) electrons. The maximum absolute atomic E-state index is 14.6.